The minimum atomic E-state index is -3.31. The summed E-state index contributed by atoms with van der Waals surface area (Å²) >= 11 is 0. The molecule has 6 nitrogen and oxygen atoms in total. The third-order valence-corrected chi connectivity index (χ3v) is 4.45. The number of benzene rings is 1. The molecule has 0 aliphatic heterocycles. The fraction of sp³-hybridized carbons (Fsp3) is 0.533. The predicted molar refractivity (Wildman–Crippen MR) is 85.8 cm³/mol. The molecule has 0 aliphatic carbocycles. The maximum absolute atomic E-state index is 11.8. The summed E-state index contributed by atoms with van der Waals surface area (Å²) in [5.41, 5.74) is 1.01. The molecule has 1 rings (SSSR count). The van der Waals surface area contributed by atoms with Crippen molar-refractivity contribution in [1.29, 1.82) is 0 Å². The Labute approximate surface area is 132 Å². The lowest BCUT2D eigenvalue weighted by Crippen LogP contribution is -2.35. The van der Waals surface area contributed by atoms with Gasteiger partial charge in [0.25, 0.3) is 0 Å². The lowest BCUT2D eigenvalue weighted by atomic mass is 10.2. The van der Waals surface area contributed by atoms with Gasteiger partial charge in [-0.15, -0.1) is 0 Å². The van der Waals surface area contributed by atoms with Crippen LogP contribution in [0.25, 0.3) is 0 Å². The topological polar surface area (TPSA) is 75.7 Å². The maximum atomic E-state index is 11.8. The number of carbonyl (C=O) groups excluding carboxylic acids is 1. The van der Waals surface area contributed by atoms with Gasteiger partial charge in [0, 0.05) is 39.8 Å². The Bertz CT molecular complexity index is 546. The van der Waals surface area contributed by atoms with Crippen LogP contribution in [0.15, 0.2) is 30.3 Å². The van der Waals surface area contributed by atoms with E-state index in [0.29, 0.717) is 26.1 Å². The molecule has 7 heteroatoms. The first-order valence-corrected chi connectivity index (χ1v) is 9.03. The highest BCUT2D eigenvalue weighted by atomic mass is 32.2. The second-order valence-corrected chi connectivity index (χ2v) is 7.00. The molecule has 0 aromatic heterocycles. The summed E-state index contributed by atoms with van der Waals surface area (Å²) in [4.78, 5) is 11.8. The van der Waals surface area contributed by atoms with Crippen molar-refractivity contribution in [1.82, 2.24) is 9.62 Å². The Kier molecular flexibility index (Phi) is 8.08. The number of ether oxygens (including phenoxy) is 1. The van der Waals surface area contributed by atoms with E-state index in [1.54, 1.807) is 7.11 Å². The van der Waals surface area contributed by atoms with Crippen LogP contribution >= 0.6 is 0 Å². The molecule has 0 fully saturated rings. The van der Waals surface area contributed by atoms with Crippen molar-refractivity contribution in [3.05, 3.63) is 35.9 Å². The van der Waals surface area contributed by atoms with Crippen LogP contribution in [0.5, 0.6) is 0 Å². The predicted octanol–water partition coefficient (Wildman–Crippen LogP) is 0.991. The first-order valence-electron chi connectivity index (χ1n) is 7.18. The second kappa shape index (κ2) is 9.55. The van der Waals surface area contributed by atoms with Crippen molar-refractivity contribution in [3.8, 4) is 0 Å². The molecule has 0 unspecified atom stereocenters. The van der Waals surface area contributed by atoms with Crippen molar-refractivity contribution in [2.45, 2.75) is 19.4 Å². The van der Waals surface area contributed by atoms with Gasteiger partial charge in [0.1, 0.15) is 0 Å². The first kappa shape index (κ1) is 18.6. The largest absolute Gasteiger partial charge is 0.385 e. The third kappa shape index (κ3) is 7.53. The van der Waals surface area contributed by atoms with Crippen LogP contribution in [-0.4, -0.2) is 51.7 Å². The number of nitrogens with zero attached hydrogens (tertiary/aromatic N) is 1. The Morgan fingerprint density at radius 3 is 2.50 bits per heavy atom. The van der Waals surface area contributed by atoms with E-state index in [1.807, 2.05) is 30.3 Å². The van der Waals surface area contributed by atoms with Crippen LogP contribution in [0.3, 0.4) is 0 Å². The molecule has 0 saturated heterocycles. The van der Waals surface area contributed by atoms with Crippen LogP contribution in [0.1, 0.15) is 18.4 Å². The zero-order valence-electron chi connectivity index (χ0n) is 13.1. The highest BCUT2D eigenvalue weighted by Crippen LogP contribution is 2.02. The minimum Gasteiger partial charge on any atom is -0.385 e. The van der Waals surface area contributed by atoms with Crippen molar-refractivity contribution in [2.24, 2.45) is 0 Å². The van der Waals surface area contributed by atoms with Gasteiger partial charge in [-0.3, -0.25) is 4.79 Å². The number of hydrogen-bond donors (Lipinski definition) is 1. The maximum Gasteiger partial charge on any atom is 0.221 e. The standard InChI is InChI=1S/C15H24N2O4S/c1-21-12-6-10-17(22(2,19)20)11-9-15(18)16-13-14-7-4-3-5-8-14/h3-5,7-8H,6,9-13H2,1-2H3,(H,16,18). The molecule has 22 heavy (non-hydrogen) atoms. The molecule has 0 atom stereocenters. The monoisotopic (exact) mass is 328 g/mol. The summed E-state index contributed by atoms with van der Waals surface area (Å²) in [7, 11) is -1.74. The zero-order valence-corrected chi connectivity index (χ0v) is 13.9. The van der Waals surface area contributed by atoms with Gasteiger partial charge < -0.3 is 10.1 Å². The van der Waals surface area contributed by atoms with E-state index in [1.165, 1.54) is 4.31 Å². The van der Waals surface area contributed by atoms with E-state index in [2.05, 4.69) is 5.32 Å². The summed E-state index contributed by atoms with van der Waals surface area (Å²) in [5.74, 6) is -0.163. The Morgan fingerprint density at radius 1 is 1.23 bits per heavy atom. The van der Waals surface area contributed by atoms with E-state index in [-0.39, 0.29) is 18.9 Å². The van der Waals surface area contributed by atoms with Gasteiger partial charge in [0.2, 0.25) is 15.9 Å². The number of nitrogens with one attached hydrogen (secondary N) is 1. The quantitative estimate of drug-likeness (QED) is 0.650. The number of methoxy groups -OCH3 is 1. The van der Waals surface area contributed by atoms with E-state index < -0.39 is 10.0 Å². The fourth-order valence-electron chi connectivity index (χ4n) is 1.94. The Hall–Kier alpha value is -1.44. The average molecular weight is 328 g/mol. The lowest BCUT2D eigenvalue weighted by molar-refractivity contribution is -0.121. The first-order chi connectivity index (χ1) is 10.4. The third-order valence-electron chi connectivity index (χ3n) is 3.15. The molecule has 1 amide bonds. The average Bonchev–Trinajstić information content (AvgIpc) is 2.48. The minimum absolute atomic E-state index is 0.146. The van der Waals surface area contributed by atoms with Crippen LogP contribution in [0, 0.1) is 0 Å². The van der Waals surface area contributed by atoms with E-state index in [0.717, 1.165) is 11.8 Å². The molecule has 1 N–H and O–H groups in total. The Balaban J connectivity index is 2.38. The number of hydrogen-bond acceptors (Lipinski definition) is 4. The van der Waals surface area contributed by atoms with Crippen LogP contribution < -0.4 is 5.32 Å². The summed E-state index contributed by atoms with van der Waals surface area (Å²) < 4.78 is 29.6. The molecule has 1 aromatic rings. The number of amides is 1. The molecule has 1 aromatic carbocycles. The molecule has 0 heterocycles. The van der Waals surface area contributed by atoms with Crippen molar-refractivity contribution < 1.29 is 17.9 Å². The number of rotatable bonds is 10. The number of sulfonamides is 1. The fourth-order valence-corrected chi connectivity index (χ4v) is 2.82. The summed E-state index contributed by atoms with van der Waals surface area (Å²) in [6.07, 6.45) is 1.91. The van der Waals surface area contributed by atoms with E-state index >= 15 is 0 Å². The molecule has 0 bridgehead atoms. The van der Waals surface area contributed by atoms with Gasteiger partial charge in [0.05, 0.1) is 6.26 Å². The molecule has 0 saturated carbocycles. The SMILES string of the molecule is COCCCN(CCC(=O)NCc1ccccc1)S(C)(=O)=O. The van der Waals surface area contributed by atoms with Crippen LogP contribution in [0.2, 0.25) is 0 Å². The zero-order chi connectivity index (χ0) is 16.4. The van der Waals surface area contributed by atoms with Crippen LogP contribution in [0.4, 0.5) is 0 Å². The molecule has 0 aliphatic rings. The normalized spacial score (nSPS) is 11.6. The van der Waals surface area contributed by atoms with E-state index in [4.69, 9.17) is 4.74 Å². The van der Waals surface area contributed by atoms with E-state index in [9.17, 15) is 13.2 Å². The van der Waals surface area contributed by atoms with Gasteiger partial charge in [-0.2, -0.15) is 0 Å². The summed E-state index contributed by atoms with van der Waals surface area (Å²) in [5, 5.41) is 2.79. The molecule has 0 spiro atoms. The molecular weight excluding hydrogens is 304 g/mol. The highest BCUT2D eigenvalue weighted by Gasteiger charge is 2.17. The van der Waals surface area contributed by atoms with Gasteiger partial charge >= 0.3 is 0 Å². The lowest BCUT2D eigenvalue weighted by Gasteiger charge is -2.19. The van der Waals surface area contributed by atoms with Gasteiger partial charge in [-0.25, -0.2) is 12.7 Å². The van der Waals surface area contributed by atoms with Gasteiger partial charge in [0.15, 0.2) is 0 Å². The Morgan fingerprint density at radius 2 is 1.91 bits per heavy atom. The second-order valence-electron chi connectivity index (χ2n) is 5.02. The van der Waals surface area contributed by atoms with Gasteiger partial charge in [-0.05, 0) is 12.0 Å². The van der Waals surface area contributed by atoms with Crippen molar-refractivity contribution in [3.63, 3.8) is 0 Å². The van der Waals surface area contributed by atoms with Crippen molar-refractivity contribution in [2.75, 3.05) is 33.1 Å². The summed E-state index contributed by atoms with van der Waals surface area (Å²) in [6.45, 7) is 1.48. The van der Waals surface area contributed by atoms with Gasteiger partial charge in [-0.1, -0.05) is 30.3 Å². The smallest absolute Gasteiger partial charge is 0.221 e. The van der Waals surface area contributed by atoms with Crippen LogP contribution in [-0.2, 0) is 26.1 Å². The highest BCUT2D eigenvalue weighted by molar-refractivity contribution is 7.88. The number of carbonyl (C=O) groups is 1. The molecule has 0 radical (unpaired) electrons. The summed E-state index contributed by atoms with van der Waals surface area (Å²) in [6, 6.07) is 9.57. The molecular formula is C15H24N2O4S. The van der Waals surface area contributed by atoms with Crippen molar-refractivity contribution >= 4 is 15.9 Å². The molecule has 124 valence electrons.